The van der Waals surface area contributed by atoms with E-state index in [0.717, 1.165) is 18.4 Å². The SMILES string of the molecule is C=N/C=C\C=C(/C)c1cc(Nc2cc(F)cc(NC(C)=O)c2)nc([C@@H]2CC[C@H](C)N(C(C)=O)C2)n1. The first-order valence-corrected chi connectivity index (χ1v) is 11.5. The van der Waals surface area contributed by atoms with E-state index in [-0.39, 0.29) is 23.8 Å². The van der Waals surface area contributed by atoms with Crippen LogP contribution >= 0.6 is 0 Å². The molecule has 2 heterocycles. The molecule has 1 aliphatic heterocycles. The highest BCUT2D eigenvalue weighted by molar-refractivity contribution is 5.89. The lowest BCUT2D eigenvalue weighted by molar-refractivity contribution is -0.132. The van der Waals surface area contributed by atoms with E-state index in [4.69, 9.17) is 9.97 Å². The summed E-state index contributed by atoms with van der Waals surface area (Å²) in [6, 6.07) is 6.15. The van der Waals surface area contributed by atoms with Crippen LogP contribution in [0, 0.1) is 5.82 Å². The van der Waals surface area contributed by atoms with Crippen molar-refractivity contribution in [3.05, 3.63) is 60.0 Å². The molecule has 1 fully saturated rings. The Morgan fingerprint density at radius 3 is 2.57 bits per heavy atom. The molecule has 8 nitrogen and oxygen atoms in total. The number of anilines is 3. The molecule has 2 N–H and O–H groups in total. The Bertz CT molecular complexity index is 1180. The highest BCUT2D eigenvalue weighted by Crippen LogP contribution is 2.31. The number of aromatic nitrogens is 2. The number of likely N-dealkylation sites (tertiary alicyclic amines) is 1. The molecule has 0 unspecified atom stereocenters. The normalized spacial score (nSPS) is 18.4. The zero-order valence-electron chi connectivity index (χ0n) is 20.5. The predicted octanol–water partition coefficient (Wildman–Crippen LogP) is 5.05. The lowest BCUT2D eigenvalue weighted by Gasteiger charge is -2.37. The molecule has 0 spiro atoms. The zero-order valence-corrected chi connectivity index (χ0v) is 20.5. The monoisotopic (exact) mass is 478 g/mol. The first-order valence-electron chi connectivity index (χ1n) is 11.5. The number of hydrogen-bond donors (Lipinski definition) is 2. The maximum atomic E-state index is 14.2. The van der Waals surface area contributed by atoms with Crippen molar-refractivity contribution in [2.24, 2.45) is 4.99 Å². The van der Waals surface area contributed by atoms with Crippen LogP contribution in [0.2, 0.25) is 0 Å². The molecule has 0 aliphatic carbocycles. The number of halogens is 1. The van der Waals surface area contributed by atoms with Gasteiger partial charge in [0.1, 0.15) is 17.5 Å². The van der Waals surface area contributed by atoms with E-state index in [0.29, 0.717) is 35.3 Å². The summed E-state index contributed by atoms with van der Waals surface area (Å²) >= 11 is 0. The van der Waals surface area contributed by atoms with E-state index in [1.54, 1.807) is 31.3 Å². The van der Waals surface area contributed by atoms with Crippen molar-refractivity contribution in [1.29, 1.82) is 0 Å². The molecule has 0 bridgehead atoms. The van der Waals surface area contributed by atoms with Crippen LogP contribution in [-0.2, 0) is 9.59 Å². The van der Waals surface area contributed by atoms with Crippen molar-refractivity contribution in [2.75, 3.05) is 17.2 Å². The Kier molecular flexibility index (Phi) is 8.46. The zero-order chi connectivity index (χ0) is 25.5. The first kappa shape index (κ1) is 25.7. The average Bonchev–Trinajstić information content (AvgIpc) is 2.78. The van der Waals surface area contributed by atoms with Gasteiger partial charge in [-0.15, -0.1) is 0 Å². The highest BCUT2D eigenvalue weighted by atomic mass is 19.1. The first-order chi connectivity index (χ1) is 16.7. The molecule has 1 saturated heterocycles. The van der Waals surface area contributed by atoms with Crippen molar-refractivity contribution in [1.82, 2.24) is 14.9 Å². The Hall–Kier alpha value is -3.88. The highest BCUT2D eigenvalue weighted by Gasteiger charge is 2.30. The summed E-state index contributed by atoms with van der Waals surface area (Å²) < 4.78 is 14.2. The number of aliphatic imine (C=N–C) groups is 1. The average molecular weight is 479 g/mol. The van der Waals surface area contributed by atoms with Crippen LogP contribution in [0.4, 0.5) is 21.6 Å². The molecule has 2 amide bonds. The third-order valence-electron chi connectivity index (χ3n) is 5.83. The van der Waals surface area contributed by atoms with Crippen LogP contribution in [0.1, 0.15) is 58.0 Å². The number of rotatable bonds is 7. The molecule has 3 rings (SSSR count). The standard InChI is InChI=1S/C26H31FN6O2/c1-16(7-6-10-28-5)24-14-25(30-23-12-21(27)11-22(13-23)29-18(3)34)32-26(31-24)20-9-8-17(2)33(15-20)19(4)35/h6-7,10-14,17,20H,5,8-9,15H2,1-4H3,(H,29,34)(H,30,31,32)/b10-6-,16-7+/t17-,20+/m0/s1. The number of carbonyl (C=O) groups is 2. The summed E-state index contributed by atoms with van der Waals surface area (Å²) in [5.74, 6) is 0.301. The number of nitrogens with one attached hydrogen (secondary N) is 2. The minimum atomic E-state index is -0.496. The molecule has 2 aromatic rings. The molecule has 0 saturated carbocycles. The van der Waals surface area contributed by atoms with E-state index < -0.39 is 5.82 Å². The summed E-state index contributed by atoms with van der Waals surface area (Å²) in [5.41, 5.74) is 2.34. The van der Waals surface area contributed by atoms with Gasteiger partial charge in [0, 0.05) is 56.0 Å². The molecule has 1 aromatic carbocycles. The van der Waals surface area contributed by atoms with Gasteiger partial charge in [-0.25, -0.2) is 14.4 Å². The van der Waals surface area contributed by atoms with Gasteiger partial charge in [-0.2, -0.15) is 0 Å². The number of allylic oxidation sites excluding steroid dienone is 3. The summed E-state index contributed by atoms with van der Waals surface area (Å²) in [4.78, 5) is 38.6. The largest absolute Gasteiger partial charge is 0.340 e. The van der Waals surface area contributed by atoms with E-state index in [1.165, 1.54) is 19.1 Å². The van der Waals surface area contributed by atoms with E-state index in [1.807, 2.05) is 24.8 Å². The van der Waals surface area contributed by atoms with Gasteiger partial charge >= 0.3 is 0 Å². The van der Waals surface area contributed by atoms with Crippen molar-refractivity contribution < 1.29 is 14.0 Å². The third-order valence-corrected chi connectivity index (χ3v) is 5.83. The summed E-state index contributed by atoms with van der Waals surface area (Å²) in [5, 5.41) is 5.74. The maximum Gasteiger partial charge on any atom is 0.221 e. The number of piperidine rings is 1. The molecule has 9 heteroatoms. The van der Waals surface area contributed by atoms with Gasteiger partial charge in [0.05, 0.1) is 5.69 Å². The molecule has 1 aliphatic rings. The lowest BCUT2D eigenvalue weighted by atomic mass is 9.92. The second kappa shape index (κ2) is 11.5. The van der Waals surface area contributed by atoms with Gasteiger partial charge in [0.25, 0.3) is 0 Å². The van der Waals surface area contributed by atoms with E-state index >= 15 is 0 Å². The van der Waals surface area contributed by atoms with Gasteiger partial charge in [-0.05, 0) is 63.3 Å². The molecule has 184 valence electrons. The van der Waals surface area contributed by atoms with Crippen LogP contribution in [0.25, 0.3) is 5.57 Å². The second-order valence-electron chi connectivity index (χ2n) is 8.70. The second-order valence-corrected chi connectivity index (χ2v) is 8.70. The van der Waals surface area contributed by atoms with Gasteiger partial charge < -0.3 is 15.5 Å². The van der Waals surface area contributed by atoms with Gasteiger partial charge in [-0.1, -0.05) is 6.08 Å². The molecular weight excluding hydrogens is 447 g/mol. The van der Waals surface area contributed by atoms with Crippen molar-refractivity contribution in [3.8, 4) is 0 Å². The minimum absolute atomic E-state index is 0.0279. The summed E-state index contributed by atoms with van der Waals surface area (Å²) in [7, 11) is 0. The molecular formula is C26H31FN6O2. The van der Waals surface area contributed by atoms with Crippen molar-refractivity contribution in [3.63, 3.8) is 0 Å². The summed E-state index contributed by atoms with van der Waals surface area (Å²) in [6.45, 7) is 10.9. The quantitative estimate of drug-likeness (QED) is 0.429. The fourth-order valence-electron chi connectivity index (χ4n) is 4.09. The lowest BCUT2D eigenvalue weighted by Crippen LogP contribution is -2.44. The van der Waals surface area contributed by atoms with Crippen LogP contribution in [0.3, 0.4) is 0 Å². The number of carbonyl (C=O) groups excluding carboxylic acids is 2. The Morgan fingerprint density at radius 2 is 1.89 bits per heavy atom. The fourth-order valence-corrected chi connectivity index (χ4v) is 4.09. The smallest absolute Gasteiger partial charge is 0.221 e. The van der Waals surface area contributed by atoms with Gasteiger partial charge in [0.2, 0.25) is 11.8 Å². The fraction of sp³-hybridized carbons (Fsp3) is 0.346. The maximum absolute atomic E-state index is 14.2. The Balaban J connectivity index is 2.00. The third kappa shape index (κ3) is 7.05. The van der Waals surface area contributed by atoms with Crippen LogP contribution in [0.5, 0.6) is 0 Å². The number of benzene rings is 1. The number of amides is 2. The predicted molar refractivity (Wildman–Crippen MR) is 137 cm³/mol. The Morgan fingerprint density at radius 1 is 1.14 bits per heavy atom. The van der Waals surface area contributed by atoms with E-state index in [2.05, 4.69) is 22.3 Å². The Labute approximate surface area is 205 Å². The van der Waals surface area contributed by atoms with Crippen LogP contribution in [-0.4, -0.2) is 46.0 Å². The molecule has 0 radical (unpaired) electrons. The topological polar surface area (TPSA) is 99.6 Å². The number of hydrogen-bond acceptors (Lipinski definition) is 6. The molecule has 1 aromatic heterocycles. The number of nitrogens with zero attached hydrogens (tertiary/aromatic N) is 4. The minimum Gasteiger partial charge on any atom is -0.340 e. The van der Waals surface area contributed by atoms with Crippen LogP contribution < -0.4 is 10.6 Å². The van der Waals surface area contributed by atoms with Crippen LogP contribution in [0.15, 0.2) is 47.6 Å². The van der Waals surface area contributed by atoms with Gasteiger partial charge in [-0.3, -0.25) is 14.6 Å². The molecule has 35 heavy (non-hydrogen) atoms. The van der Waals surface area contributed by atoms with Gasteiger partial charge in [0.15, 0.2) is 0 Å². The van der Waals surface area contributed by atoms with Crippen molar-refractivity contribution >= 4 is 41.3 Å². The summed E-state index contributed by atoms with van der Waals surface area (Å²) in [6.07, 6.45) is 6.92. The molecule has 2 atom stereocenters. The van der Waals surface area contributed by atoms with E-state index in [9.17, 15) is 14.0 Å². The van der Waals surface area contributed by atoms with Crippen molar-refractivity contribution in [2.45, 2.75) is 52.5 Å².